The molecule has 0 saturated heterocycles. The predicted octanol–water partition coefficient (Wildman–Crippen LogP) is 1.76. The fourth-order valence-electron chi connectivity index (χ4n) is 1.82. The maximum absolute atomic E-state index is 9.22. The average Bonchev–Trinajstić information content (AvgIpc) is 2.02. The topological polar surface area (TPSA) is 46.2 Å². The summed E-state index contributed by atoms with van der Waals surface area (Å²) in [7, 11) is 0. The van der Waals surface area contributed by atoms with Crippen molar-refractivity contribution in [3.05, 3.63) is 34.3 Å². The Kier molecular flexibility index (Phi) is 2.18. The summed E-state index contributed by atoms with van der Waals surface area (Å²) in [6, 6.07) is 7.98. The Balaban J connectivity index is 2.26. The van der Waals surface area contributed by atoms with Crippen molar-refractivity contribution in [1.82, 2.24) is 0 Å². The van der Waals surface area contributed by atoms with E-state index in [2.05, 4.69) is 15.9 Å². The molecule has 70 valence electrons. The van der Waals surface area contributed by atoms with E-state index in [-0.39, 0.29) is 11.6 Å². The molecule has 1 fully saturated rings. The summed E-state index contributed by atoms with van der Waals surface area (Å²) >= 11 is 3.40. The smallest absolute Gasteiger partial charge is 0.0582 e. The summed E-state index contributed by atoms with van der Waals surface area (Å²) in [5.74, 6) is 0. The fraction of sp³-hybridized carbons (Fsp3) is 0.400. The highest BCUT2D eigenvalue weighted by Gasteiger charge is 2.41. The van der Waals surface area contributed by atoms with Crippen LogP contribution in [0.3, 0.4) is 0 Å². The van der Waals surface area contributed by atoms with E-state index in [9.17, 15) is 5.11 Å². The second-order valence-electron chi connectivity index (χ2n) is 3.73. The normalized spacial score (nSPS) is 32.7. The van der Waals surface area contributed by atoms with E-state index in [0.29, 0.717) is 12.8 Å². The van der Waals surface area contributed by atoms with Crippen molar-refractivity contribution in [3.63, 3.8) is 0 Å². The van der Waals surface area contributed by atoms with Gasteiger partial charge in [-0.2, -0.15) is 0 Å². The molecule has 0 amide bonds. The molecule has 3 heteroatoms. The third-order valence-electron chi connectivity index (χ3n) is 2.60. The van der Waals surface area contributed by atoms with Crippen LogP contribution in [-0.4, -0.2) is 11.2 Å². The van der Waals surface area contributed by atoms with Crippen LogP contribution in [0, 0.1) is 0 Å². The average molecular weight is 242 g/mol. The lowest BCUT2D eigenvalue weighted by Gasteiger charge is -2.42. The molecule has 0 aromatic heterocycles. The van der Waals surface area contributed by atoms with Gasteiger partial charge < -0.3 is 10.8 Å². The van der Waals surface area contributed by atoms with Crippen molar-refractivity contribution in [2.75, 3.05) is 0 Å². The van der Waals surface area contributed by atoms with E-state index < -0.39 is 0 Å². The van der Waals surface area contributed by atoms with Gasteiger partial charge in [-0.1, -0.05) is 28.1 Å². The highest BCUT2D eigenvalue weighted by Crippen LogP contribution is 2.39. The molecule has 13 heavy (non-hydrogen) atoms. The van der Waals surface area contributed by atoms with Crippen LogP contribution in [0.2, 0.25) is 0 Å². The highest BCUT2D eigenvalue weighted by molar-refractivity contribution is 9.10. The second-order valence-corrected chi connectivity index (χ2v) is 4.64. The first-order valence-electron chi connectivity index (χ1n) is 4.33. The molecule has 1 aliphatic carbocycles. The third kappa shape index (κ3) is 1.64. The van der Waals surface area contributed by atoms with Crippen LogP contribution in [0.4, 0.5) is 0 Å². The molecule has 0 bridgehead atoms. The van der Waals surface area contributed by atoms with Gasteiger partial charge in [0.2, 0.25) is 0 Å². The zero-order valence-corrected chi connectivity index (χ0v) is 8.79. The van der Waals surface area contributed by atoms with Crippen molar-refractivity contribution in [3.8, 4) is 0 Å². The maximum atomic E-state index is 9.22. The van der Waals surface area contributed by atoms with Crippen molar-refractivity contribution in [1.29, 1.82) is 0 Å². The zero-order valence-electron chi connectivity index (χ0n) is 7.20. The third-order valence-corrected chi connectivity index (χ3v) is 3.09. The molecular weight excluding hydrogens is 230 g/mol. The van der Waals surface area contributed by atoms with Gasteiger partial charge in [-0.05, 0) is 30.5 Å². The summed E-state index contributed by atoms with van der Waals surface area (Å²) in [5.41, 5.74) is 6.90. The van der Waals surface area contributed by atoms with E-state index in [0.717, 1.165) is 10.0 Å². The lowest BCUT2D eigenvalue weighted by Crippen LogP contribution is -2.51. The molecule has 1 saturated carbocycles. The molecule has 1 aromatic carbocycles. The Morgan fingerprint density at radius 3 is 2.69 bits per heavy atom. The number of halogens is 1. The van der Waals surface area contributed by atoms with Gasteiger partial charge >= 0.3 is 0 Å². The summed E-state index contributed by atoms with van der Waals surface area (Å²) in [5, 5.41) is 9.22. The van der Waals surface area contributed by atoms with Crippen LogP contribution in [0.1, 0.15) is 18.4 Å². The molecule has 0 atom stereocenters. The second kappa shape index (κ2) is 3.08. The summed E-state index contributed by atoms with van der Waals surface area (Å²) in [6.45, 7) is 0. The Labute approximate surface area is 85.9 Å². The molecule has 0 aliphatic heterocycles. The Morgan fingerprint density at radius 1 is 1.46 bits per heavy atom. The molecule has 0 radical (unpaired) electrons. The highest BCUT2D eigenvalue weighted by atomic mass is 79.9. The monoisotopic (exact) mass is 241 g/mol. The quantitative estimate of drug-likeness (QED) is 0.788. The van der Waals surface area contributed by atoms with Crippen LogP contribution in [-0.2, 0) is 5.54 Å². The van der Waals surface area contributed by atoms with Gasteiger partial charge in [0.25, 0.3) is 0 Å². The molecule has 0 unspecified atom stereocenters. The molecule has 0 heterocycles. The van der Waals surface area contributed by atoms with Gasteiger partial charge in [0.15, 0.2) is 0 Å². The van der Waals surface area contributed by atoms with E-state index in [1.165, 1.54) is 0 Å². The van der Waals surface area contributed by atoms with Crippen molar-refractivity contribution in [2.24, 2.45) is 5.73 Å². The van der Waals surface area contributed by atoms with E-state index in [1.54, 1.807) is 0 Å². The van der Waals surface area contributed by atoms with Crippen LogP contribution >= 0.6 is 15.9 Å². The Hall–Kier alpha value is -0.380. The van der Waals surface area contributed by atoms with Gasteiger partial charge in [0, 0.05) is 10.0 Å². The molecular formula is C10H12BrNO. The van der Waals surface area contributed by atoms with E-state index in [4.69, 9.17) is 5.73 Å². The van der Waals surface area contributed by atoms with E-state index in [1.807, 2.05) is 24.3 Å². The SMILES string of the molecule is NC1(c2cccc(Br)c2)CC(O)C1. The van der Waals surface area contributed by atoms with E-state index >= 15 is 0 Å². The van der Waals surface area contributed by atoms with Gasteiger partial charge in [-0.15, -0.1) is 0 Å². The van der Waals surface area contributed by atoms with Crippen molar-refractivity contribution >= 4 is 15.9 Å². The first-order chi connectivity index (χ1) is 6.10. The molecule has 0 spiro atoms. The van der Waals surface area contributed by atoms with Crippen LogP contribution < -0.4 is 5.73 Å². The minimum Gasteiger partial charge on any atom is -0.393 e. The van der Waals surface area contributed by atoms with Crippen LogP contribution in [0.25, 0.3) is 0 Å². The first kappa shape index (κ1) is 9.19. The Bertz CT molecular complexity index is 320. The van der Waals surface area contributed by atoms with Crippen LogP contribution in [0.5, 0.6) is 0 Å². The lowest BCUT2D eigenvalue weighted by molar-refractivity contribution is 0.0209. The standard InChI is InChI=1S/C10H12BrNO/c11-8-3-1-2-7(4-8)10(12)5-9(13)6-10/h1-4,9,13H,5-6,12H2. The predicted molar refractivity (Wildman–Crippen MR) is 55.2 cm³/mol. The van der Waals surface area contributed by atoms with Gasteiger partial charge in [0.05, 0.1) is 6.10 Å². The number of hydrogen-bond acceptors (Lipinski definition) is 2. The van der Waals surface area contributed by atoms with Gasteiger partial charge in [-0.3, -0.25) is 0 Å². The Morgan fingerprint density at radius 2 is 2.15 bits per heavy atom. The number of nitrogens with two attached hydrogens (primary N) is 1. The van der Waals surface area contributed by atoms with Crippen molar-refractivity contribution in [2.45, 2.75) is 24.5 Å². The minimum atomic E-state index is -0.302. The number of aliphatic hydroxyl groups excluding tert-OH is 1. The molecule has 3 N–H and O–H groups in total. The lowest BCUT2D eigenvalue weighted by atomic mass is 9.71. The maximum Gasteiger partial charge on any atom is 0.0582 e. The summed E-state index contributed by atoms with van der Waals surface area (Å²) in [4.78, 5) is 0. The largest absolute Gasteiger partial charge is 0.393 e. The number of rotatable bonds is 1. The van der Waals surface area contributed by atoms with Crippen LogP contribution in [0.15, 0.2) is 28.7 Å². The van der Waals surface area contributed by atoms with Gasteiger partial charge in [-0.25, -0.2) is 0 Å². The summed E-state index contributed by atoms with van der Waals surface area (Å²) < 4.78 is 1.04. The molecule has 1 aromatic rings. The first-order valence-corrected chi connectivity index (χ1v) is 5.12. The molecule has 2 rings (SSSR count). The van der Waals surface area contributed by atoms with Gasteiger partial charge in [0.1, 0.15) is 0 Å². The zero-order chi connectivity index (χ0) is 9.47. The molecule has 1 aliphatic rings. The van der Waals surface area contributed by atoms with Crippen molar-refractivity contribution < 1.29 is 5.11 Å². The number of aliphatic hydroxyl groups is 1. The minimum absolute atomic E-state index is 0.219. The number of hydrogen-bond donors (Lipinski definition) is 2. The molecule has 2 nitrogen and oxygen atoms in total. The summed E-state index contributed by atoms with van der Waals surface area (Å²) in [6.07, 6.45) is 1.12. The number of benzene rings is 1. The fourth-order valence-corrected chi connectivity index (χ4v) is 2.21.